The van der Waals surface area contributed by atoms with Crippen LogP contribution in [0.1, 0.15) is 41.3 Å². The SMILES string of the molecule is Cc1cc(F)cc(C[C@H](NC(=O)Cc2c[nH]c3ccc(F)cc23)c2ncccc2-c2ccc(N3CCCC3)nc2)c1. The Balaban J connectivity index is 1.32. The number of anilines is 1. The molecule has 1 aliphatic rings. The number of aryl methyl sites for hydroxylation is 1. The second-order valence-electron chi connectivity index (χ2n) is 10.7. The molecule has 6 nitrogen and oxygen atoms in total. The molecule has 1 amide bonds. The molecule has 0 spiro atoms. The summed E-state index contributed by atoms with van der Waals surface area (Å²) in [5, 5.41) is 3.81. The fourth-order valence-electron chi connectivity index (χ4n) is 5.71. The average molecular weight is 552 g/mol. The number of carbonyl (C=O) groups excluding carboxylic acids is 1. The summed E-state index contributed by atoms with van der Waals surface area (Å²) in [6.07, 6.45) is 8.01. The molecule has 2 aromatic carbocycles. The molecule has 0 aliphatic carbocycles. The van der Waals surface area contributed by atoms with Crippen molar-refractivity contribution in [2.45, 2.75) is 38.6 Å². The van der Waals surface area contributed by atoms with Crippen molar-refractivity contribution < 1.29 is 13.6 Å². The molecule has 6 rings (SSSR count). The van der Waals surface area contributed by atoms with Crippen molar-refractivity contribution in [2.24, 2.45) is 0 Å². The number of benzene rings is 2. The van der Waals surface area contributed by atoms with E-state index >= 15 is 0 Å². The molecule has 1 fully saturated rings. The van der Waals surface area contributed by atoms with Crippen LogP contribution in [0.15, 0.2) is 79.3 Å². The van der Waals surface area contributed by atoms with E-state index in [-0.39, 0.29) is 24.0 Å². The summed E-state index contributed by atoms with van der Waals surface area (Å²) in [4.78, 5) is 28.3. The summed E-state index contributed by atoms with van der Waals surface area (Å²) >= 11 is 0. The quantitative estimate of drug-likeness (QED) is 0.232. The molecule has 3 aromatic heterocycles. The molecular weight excluding hydrogens is 520 g/mol. The number of rotatable bonds is 8. The van der Waals surface area contributed by atoms with Crippen molar-refractivity contribution >= 4 is 22.6 Å². The highest BCUT2D eigenvalue weighted by molar-refractivity contribution is 5.89. The van der Waals surface area contributed by atoms with Gasteiger partial charge in [-0.15, -0.1) is 0 Å². The van der Waals surface area contributed by atoms with Crippen LogP contribution < -0.4 is 10.2 Å². The molecule has 41 heavy (non-hydrogen) atoms. The maximum Gasteiger partial charge on any atom is 0.225 e. The maximum atomic E-state index is 14.3. The van der Waals surface area contributed by atoms with Crippen molar-refractivity contribution in [3.05, 3.63) is 113 Å². The average Bonchev–Trinajstić information content (AvgIpc) is 3.63. The van der Waals surface area contributed by atoms with E-state index in [0.717, 1.165) is 46.7 Å². The monoisotopic (exact) mass is 551 g/mol. The van der Waals surface area contributed by atoms with Crippen LogP contribution in [-0.2, 0) is 17.6 Å². The smallest absolute Gasteiger partial charge is 0.225 e. The second kappa shape index (κ2) is 11.5. The van der Waals surface area contributed by atoms with Gasteiger partial charge in [-0.1, -0.05) is 12.1 Å². The number of H-pyrrole nitrogens is 1. The zero-order valence-corrected chi connectivity index (χ0v) is 22.8. The van der Waals surface area contributed by atoms with Gasteiger partial charge in [0.25, 0.3) is 0 Å². The minimum absolute atomic E-state index is 0.0520. The molecule has 0 saturated carbocycles. The molecule has 5 aromatic rings. The summed E-state index contributed by atoms with van der Waals surface area (Å²) in [5.74, 6) is 0.0220. The highest BCUT2D eigenvalue weighted by atomic mass is 19.1. The van der Waals surface area contributed by atoms with E-state index < -0.39 is 6.04 Å². The van der Waals surface area contributed by atoms with Gasteiger partial charge in [0.15, 0.2) is 0 Å². The Morgan fingerprint density at radius 2 is 1.88 bits per heavy atom. The third-order valence-corrected chi connectivity index (χ3v) is 7.61. The molecule has 1 saturated heterocycles. The van der Waals surface area contributed by atoms with E-state index in [9.17, 15) is 13.6 Å². The molecule has 0 radical (unpaired) electrons. The van der Waals surface area contributed by atoms with Crippen molar-refractivity contribution in [1.29, 1.82) is 0 Å². The fraction of sp³-hybridized carbons (Fsp3) is 0.242. The first-order chi connectivity index (χ1) is 19.9. The van der Waals surface area contributed by atoms with Crippen molar-refractivity contribution in [3.63, 3.8) is 0 Å². The Morgan fingerprint density at radius 3 is 2.66 bits per heavy atom. The number of nitrogens with zero attached hydrogens (tertiary/aromatic N) is 3. The third-order valence-electron chi connectivity index (χ3n) is 7.61. The van der Waals surface area contributed by atoms with E-state index in [1.165, 1.54) is 37.1 Å². The number of hydrogen-bond donors (Lipinski definition) is 2. The normalized spacial score (nSPS) is 14.0. The van der Waals surface area contributed by atoms with Crippen LogP contribution in [0, 0.1) is 18.6 Å². The van der Waals surface area contributed by atoms with Gasteiger partial charge in [-0.3, -0.25) is 9.78 Å². The number of fused-ring (bicyclic) bond motifs is 1. The fourth-order valence-corrected chi connectivity index (χ4v) is 5.71. The number of nitrogens with one attached hydrogen (secondary N) is 2. The van der Waals surface area contributed by atoms with Crippen molar-refractivity contribution in [2.75, 3.05) is 18.0 Å². The van der Waals surface area contributed by atoms with Crippen LogP contribution in [0.4, 0.5) is 14.6 Å². The Morgan fingerprint density at radius 1 is 1.02 bits per heavy atom. The highest BCUT2D eigenvalue weighted by Gasteiger charge is 2.23. The second-order valence-corrected chi connectivity index (χ2v) is 10.7. The third kappa shape index (κ3) is 5.96. The molecule has 0 bridgehead atoms. The molecule has 208 valence electrons. The summed E-state index contributed by atoms with van der Waals surface area (Å²) in [6.45, 7) is 3.86. The number of halogens is 2. The van der Waals surface area contributed by atoms with E-state index in [2.05, 4.69) is 15.2 Å². The zero-order chi connectivity index (χ0) is 28.3. The Hall–Kier alpha value is -4.59. The molecule has 1 atom stereocenters. The molecule has 0 unspecified atom stereocenters. The Bertz CT molecular complexity index is 1670. The van der Waals surface area contributed by atoms with Crippen molar-refractivity contribution in [1.82, 2.24) is 20.3 Å². The molecule has 4 heterocycles. The first-order valence-electron chi connectivity index (χ1n) is 13.9. The largest absolute Gasteiger partial charge is 0.361 e. The summed E-state index contributed by atoms with van der Waals surface area (Å²) < 4.78 is 28.3. The van der Waals surface area contributed by atoms with Crippen LogP contribution in [-0.4, -0.2) is 33.9 Å². The van der Waals surface area contributed by atoms with E-state index in [4.69, 9.17) is 9.97 Å². The van der Waals surface area contributed by atoms with Gasteiger partial charge < -0.3 is 15.2 Å². The van der Waals surface area contributed by atoms with Crippen LogP contribution in [0.25, 0.3) is 22.0 Å². The molecule has 8 heteroatoms. The minimum Gasteiger partial charge on any atom is -0.361 e. The van der Waals surface area contributed by atoms with Gasteiger partial charge >= 0.3 is 0 Å². The molecular formula is C33H31F2N5O. The lowest BCUT2D eigenvalue weighted by Crippen LogP contribution is -2.32. The lowest BCUT2D eigenvalue weighted by atomic mass is 9.95. The van der Waals surface area contributed by atoms with Gasteiger partial charge in [0.1, 0.15) is 17.5 Å². The number of aromatic nitrogens is 3. The highest BCUT2D eigenvalue weighted by Crippen LogP contribution is 2.30. The van der Waals surface area contributed by atoms with Gasteiger partial charge in [-0.25, -0.2) is 13.8 Å². The summed E-state index contributed by atoms with van der Waals surface area (Å²) in [5.41, 5.74) is 5.41. The minimum atomic E-state index is -0.542. The molecule has 2 N–H and O–H groups in total. The van der Waals surface area contributed by atoms with Crippen LogP contribution in [0.5, 0.6) is 0 Å². The van der Waals surface area contributed by atoms with Gasteiger partial charge in [0.05, 0.1) is 18.2 Å². The maximum absolute atomic E-state index is 14.3. The number of pyridine rings is 2. The summed E-state index contributed by atoms with van der Waals surface area (Å²) in [7, 11) is 0. The van der Waals surface area contributed by atoms with Crippen LogP contribution in [0.2, 0.25) is 0 Å². The number of hydrogen-bond acceptors (Lipinski definition) is 4. The van der Waals surface area contributed by atoms with Crippen molar-refractivity contribution in [3.8, 4) is 11.1 Å². The lowest BCUT2D eigenvalue weighted by molar-refractivity contribution is -0.121. The Kier molecular flexibility index (Phi) is 7.46. The van der Waals surface area contributed by atoms with E-state index in [0.29, 0.717) is 23.1 Å². The van der Waals surface area contributed by atoms with Gasteiger partial charge in [-0.05, 0) is 91.4 Å². The first-order valence-corrected chi connectivity index (χ1v) is 13.9. The van der Waals surface area contributed by atoms with Crippen LogP contribution >= 0.6 is 0 Å². The van der Waals surface area contributed by atoms with Gasteiger partial charge in [-0.2, -0.15) is 0 Å². The predicted molar refractivity (Wildman–Crippen MR) is 157 cm³/mol. The number of amides is 1. The summed E-state index contributed by atoms with van der Waals surface area (Å²) in [6, 6.07) is 16.7. The lowest BCUT2D eigenvalue weighted by Gasteiger charge is -2.22. The standard InChI is InChI=1S/C33H31F2N5O/c1-21-13-22(15-26(35)14-21)16-30(39-32(41)17-24-20-37-29-8-7-25(34)18-28(24)29)33-27(5-4-10-36-33)23-6-9-31(38-19-23)40-11-2-3-12-40/h4-10,13-15,18-20,30,37H,2-3,11-12,16-17H2,1H3,(H,39,41)/t30-/m0/s1. The Labute approximate surface area is 237 Å². The number of carbonyl (C=O) groups is 1. The molecule has 1 aliphatic heterocycles. The van der Waals surface area contributed by atoms with Crippen LogP contribution in [0.3, 0.4) is 0 Å². The zero-order valence-electron chi connectivity index (χ0n) is 22.8. The predicted octanol–water partition coefficient (Wildman–Crippen LogP) is 6.45. The van der Waals surface area contributed by atoms with Gasteiger partial charge in [0.2, 0.25) is 5.91 Å². The first kappa shape index (κ1) is 26.6. The van der Waals surface area contributed by atoms with E-state index in [1.54, 1.807) is 18.5 Å². The topological polar surface area (TPSA) is 73.9 Å². The number of aromatic amines is 1. The van der Waals surface area contributed by atoms with Gasteiger partial charge in [0, 0.05) is 53.7 Å². The van der Waals surface area contributed by atoms with E-state index in [1.807, 2.05) is 43.5 Å².